The normalized spacial score (nSPS) is 11.4. The van der Waals surface area contributed by atoms with Crippen molar-refractivity contribution >= 4 is 0 Å². The van der Waals surface area contributed by atoms with Crippen LogP contribution in [-0.2, 0) is 19.5 Å². The Morgan fingerprint density at radius 3 is 2.42 bits per heavy atom. The van der Waals surface area contributed by atoms with Crippen LogP contribution in [0, 0.1) is 5.92 Å². The van der Waals surface area contributed by atoms with Crippen LogP contribution in [0.5, 0.6) is 0 Å². The third kappa shape index (κ3) is 4.50. The fourth-order valence-electron chi connectivity index (χ4n) is 3.79. The van der Waals surface area contributed by atoms with Crippen molar-refractivity contribution in [1.29, 1.82) is 0 Å². The maximum atomic E-state index is 12.8. The molecule has 7 nitrogen and oxygen atoms in total. The number of rotatable bonds is 8. The lowest BCUT2D eigenvalue weighted by Crippen LogP contribution is -2.25. The van der Waals surface area contributed by atoms with Crippen molar-refractivity contribution in [3.05, 3.63) is 76.5 Å². The van der Waals surface area contributed by atoms with E-state index in [0.29, 0.717) is 24.8 Å². The molecule has 0 radical (unpaired) electrons. The standard InChI is InChI=1S/C24H28N6O/c1-4-29-16-20(14-9-17(2)3)30(24(29)31)15-18-10-12-19(13-11-18)21-7-5-6-8-22(21)23-25-27-28-26-23/h5-8,10-13,16-17H,4,9,14-15H2,1-3H3,(H,25,26,27,28). The number of aromatic amines is 1. The molecule has 0 unspecified atom stereocenters. The molecule has 0 amide bonds. The first-order valence-corrected chi connectivity index (χ1v) is 10.8. The lowest BCUT2D eigenvalue weighted by Gasteiger charge is -2.11. The monoisotopic (exact) mass is 416 g/mol. The van der Waals surface area contributed by atoms with Gasteiger partial charge in [-0.25, -0.2) is 4.79 Å². The molecule has 1 N–H and O–H groups in total. The molecule has 0 saturated carbocycles. The Kier molecular flexibility index (Phi) is 6.11. The van der Waals surface area contributed by atoms with E-state index in [-0.39, 0.29) is 5.69 Å². The van der Waals surface area contributed by atoms with E-state index in [9.17, 15) is 4.79 Å². The number of nitrogens with one attached hydrogen (secondary N) is 1. The van der Waals surface area contributed by atoms with Gasteiger partial charge in [0.15, 0.2) is 0 Å². The third-order valence-corrected chi connectivity index (χ3v) is 5.57. The average molecular weight is 417 g/mol. The molecule has 0 aliphatic carbocycles. The number of H-pyrrole nitrogens is 1. The summed E-state index contributed by atoms with van der Waals surface area (Å²) >= 11 is 0. The second-order valence-corrected chi connectivity index (χ2v) is 8.19. The maximum Gasteiger partial charge on any atom is 0.328 e. The molecule has 0 fully saturated rings. The zero-order chi connectivity index (χ0) is 21.8. The highest BCUT2D eigenvalue weighted by molar-refractivity contribution is 5.80. The predicted octanol–water partition coefficient (Wildman–Crippen LogP) is 4.15. The molecule has 2 heterocycles. The second-order valence-electron chi connectivity index (χ2n) is 8.19. The van der Waals surface area contributed by atoms with Gasteiger partial charge in [0, 0.05) is 24.0 Å². The zero-order valence-electron chi connectivity index (χ0n) is 18.2. The Labute approximate surface area is 181 Å². The Morgan fingerprint density at radius 1 is 1.03 bits per heavy atom. The van der Waals surface area contributed by atoms with E-state index in [1.807, 2.05) is 35.9 Å². The van der Waals surface area contributed by atoms with E-state index in [1.54, 1.807) is 4.57 Å². The summed E-state index contributed by atoms with van der Waals surface area (Å²) in [6.45, 7) is 7.70. The molecule has 0 aliphatic rings. The van der Waals surface area contributed by atoms with Gasteiger partial charge in [-0.2, -0.15) is 5.21 Å². The largest absolute Gasteiger partial charge is 0.328 e. The van der Waals surface area contributed by atoms with Crippen molar-refractivity contribution < 1.29 is 0 Å². The van der Waals surface area contributed by atoms with Gasteiger partial charge in [0.2, 0.25) is 5.82 Å². The molecule has 0 atom stereocenters. The van der Waals surface area contributed by atoms with Crippen molar-refractivity contribution in [1.82, 2.24) is 29.8 Å². The van der Waals surface area contributed by atoms with E-state index in [4.69, 9.17) is 0 Å². The van der Waals surface area contributed by atoms with E-state index < -0.39 is 0 Å². The van der Waals surface area contributed by atoms with E-state index in [1.165, 1.54) is 0 Å². The highest BCUT2D eigenvalue weighted by Gasteiger charge is 2.13. The maximum absolute atomic E-state index is 12.8. The van der Waals surface area contributed by atoms with Crippen LogP contribution in [0.2, 0.25) is 0 Å². The van der Waals surface area contributed by atoms with Crippen molar-refractivity contribution in [2.24, 2.45) is 5.92 Å². The van der Waals surface area contributed by atoms with E-state index >= 15 is 0 Å². The van der Waals surface area contributed by atoms with Crippen LogP contribution in [0.25, 0.3) is 22.5 Å². The minimum absolute atomic E-state index is 0.0628. The fraction of sp³-hybridized carbons (Fsp3) is 0.333. The number of aromatic nitrogens is 6. The van der Waals surface area contributed by atoms with Crippen LogP contribution in [0.15, 0.2) is 59.5 Å². The van der Waals surface area contributed by atoms with Gasteiger partial charge in [0.25, 0.3) is 0 Å². The van der Waals surface area contributed by atoms with E-state index in [0.717, 1.165) is 40.8 Å². The summed E-state index contributed by atoms with van der Waals surface area (Å²) in [5.74, 6) is 1.18. The predicted molar refractivity (Wildman–Crippen MR) is 122 cm³/mol. The second kappa shape index (κ2) is 9.12. The smallest absolute Gasteiger partial charge is 0.299 e. The molecule has 4 rings (SSSR count). The first kappa shape index (κ1) is 20.8. The molecule has 7 heteroatoms. The van der Waals surface area contributed by atoms with Gasteiger partial charge in [0.1, 0.15) is 0 Å². The highest BCUT2D eigenvalue weighted by Crippen LogP contribution is 2.29. The summed E-state index contributed by atoms with van der Waals surface area (Å²) in [6, 6.07) is 16.4. The number of imidazole rings is 1. The van der Waals surface area contributed by atoms with Gasteiger partial charge < -0.3 is 0 Å². The van der Waals surface area contributed by atoms with Crippen molar-refractivity contribution in [3.8, 4) is 22.5 Å². The summed E-state index contributed by atoms with van der Waals surface area (Å²) < 4.78 is 3.71. The number of hydrogen-bond donors (Lipinski definition) is 1. The molecule has 31 heavy (non-hydrogen) atoms. The molecule has 2 aromatic heterocycles. The van der Waals surface area contributed by atoms with Crippen molar-refractivity contribution in [2.45, 2.75) is 46.7 Å². The van der Waals surface area contributed by atoms with Crippen LogP contribution in [0.4, 0.5) is 0 Å². The highest BCUT2D eigenvalue weighted by atomic mass is 16.1. The summed E-state index contributed by atoms with van der Waals surface area (Å²) in [4.78, 5) is 12.8. The number of hydrogen-bond acceptors (Lipinski definition) is 4. The molecule has 2 aromatic carbocycles. The number of benzene rings is 2. The van der Waals surface area contributed by atoms with Crippen LogP contribution in [-0.4, -0.2) is 29.8 Å². The quantitative estimate of drug-likeness (QED) is 0.468. The molecule has 0 spiro atoms. The molecule has 0 aliphatic heterocycles. The SMILES string of the molecule is CCn1cc(CCC(C)C)n(Cc2ccc(-c3ccccc3-c3nn[nH]n3)cc2)c1=O. The van der Waals surface area contributed by atoms with Gasteiger partial charge >= 0.3 is 5.69 Å². The Bertz CT molecular complexity index is 1190. The first-order valence-electron chi connectivity index (χ1n) is 10.8. The summed E-state index contributed by atoms with van der Waals surface area (Å²) in [5, 5.41) is 14.4. The van der Waals surface area contributed by atoms with E-state index in [2.05, 4.69) is 64.8 Å². The minimum atomic E-state index is 0.0628. The van der Waals surface area contributed by atoms with Crippen molar-refractivity contribution in [2.75, 3.05) is 0 Å². The average Bonchev–Trinajstić information content (AvgIpc) is 3.42. The lowest BCUT2D eigenvalue weighted by molar-refractivity contribution is 0.565. The summed E-state index contributed by atoms with van der Waals surface area (Å²) in [5.41, 5.74) is 5.31. The minimum Gasteiger partial charge on any atom is -0.299 e. The van der Waals surface area contributed by atoms with Gasteiger partial charge in [-0.3, -0.25) is 9.13 Å². The van der Waals surface area contributed by atoms with Crippen LogP contribution >= 0.6 is 0 Å². The van der Waals surface area contributed by atoms with Gasteiger partial charge in [-0.1, -0.05) is 62.4 Å². The molecular weight excluding hydrogens is 388 g/mol. The number of tetrazole rings is 1. The zero-order valence-corrected chi connectivity index (χ0v) is 18.2. The molecule has 4 aromatic rings. The van der Waals surface area contributed by atoms with Gasteiger partial charge in [-0.05, 0) is 47.6 Å². The van der Waals surface area contributed by atoms with Crippen LogP contribution < -0.4 is 5.69 Å². The Morgan fingerprint density at radius 2 is 1.77 bits per heavy atom. The topological polar surface area (TPSA) is 81.4 Å². The fourth-order valence-corrected chi connectivity index (χ4v) is 3.79. The molecular formula is C24H28N6O. The summed E-state index contributed by atoms with van der Waals surface area (Å²) in [7, 11) is 0. The molecule has 0 saturated heterocycles. The van der Waals surface area contributed by atoms with Crippen LogP contribution in [0.1, 0.15) is 38.4 Å². The third-order valence-electron chi connectivity index (χ3n) is 5.57. The van der Waals surface area contributed by atoms with Gasteiger partial charge in [0.05, 0.1) is 6.54 Å². The van der Waals surface area contributed by atoms with Crippen molar-refractivity contribution in [3.63, 3.8) is 0 Å². The lowest BCUT2D eigenvalue weighted by atomic mass is 9.98. The van der Waals surface area contributed by atoms with Gasteiger partial charge in [-0.15, -0.1) is 10.2 Å². The Hall–Kier alpha value is -3.48. The summed E-state index contributed by atoms with van der Waals surface area (Å²) in [6.07, 6.45) is 4.00. The molecule has 160 valence electrons. The van der Waals surface area contributed by atoms with Crippen LogP contribution in [0.3, 0.4) is 0 Å². The number of aryl methyl sites for hydroxylation is 2. The first-order chi connectivity index (χ1) is 15.1. The molecule has 0 bridgehead atoms. The number of nitrogens with zero attached hydrogens (tertiary/aromatic N) is 5. The Balaban J connectivity index is 1.61.